The Morgan fingerprint density at radius 3 is 3.21 bits per heavy atom. The molecule has 5 nitrogen and oxygen atoms in total. The fraction of sp³-hybridized carbons (Fsp3) is 0.571. The number of hydrogen-bond acceptors (Lipinski definition) is 4. The van der Waals surface area contributed by atoms with Gasteiger partial charge in [0.05, 0.1) is 6.54 Å². The summed E-state index contributed by atoms with van der Waals surface area (Å²) >= 11 is 0. The number of hydrogen-bond donors (Lipinski definition) is 2. The number of carbonyl (C=O) groups is 1. The standard InChI is InChI=1S/C14H21N3O2/c1-11-7-15-5-4-13(11)17-6-2-3-12(10-17)8-16-9-14(18)19/h4-5,7,12,16H,2-3,6,8-10H2,1H3,(H,18,19). The Kier molecular flexibility index (Phi) is 4.74. The molecule has 1 aromatic rings. The lowest BCUT2D eigenvalue weighted by Gasteiger charge is -2.35. The van der Waals surface area contributed by atoms with Crippen molar-refractivity contribution in [1.29, 1.82) is 0 Å². The van der Waals surface area contributed by atoms with E-state index < -0.39 is 5.97 Å². The molecule has 1 saturated heterocycles. The molecule has 0 bridgehead atoms. The summed E-state index contributed by atoms with van der Waals surface area (Å²) in [5.74, 6) is -0.279. The van der Waals surface area contributed by atoms with E-state index in [1.165, 1.54) is 11.3 Å². The normalized spacial score (nSPS) is 19.4. The van der Waals surface area contributed by atoms with Crippen molar-refractivity contribution in [2.45, 2.75) is 19.8 Å². The van der Waals surface area contributed by atoms with Crippen LogP contribution in [0.25, 0.3) is 0 Å². The zero-order chi connectivity index (χ0) is 13.7. The van der Waals surface area contributed by atoms with E-state index in [1.54, 1.807) is 0 Å². The van der Waals surface area contributed by atoms with Crippen molar-refractivity contribution in [3.05, 3.63) is 24.0 Å². The Morgan fingerprint density at radius 2 is 2.47 bits per heavy atom. The van der Waals surface area contributed by atoms with E-state index >= 15 is 0 Å². The van der Waals surface area contributed by atoms with Crippen molar-refractivity contribution in [3.8, 4) is 0 Å². The number of nitrogens with zero attached hydrogens (tertiary/aromatic N) is 2. The first-order valence-electron chi connectivity index (χ1n) is 6.75. The smallest absolute Gasteiger partial charge is 0.317 e. The second-order valence-electron chi connectivity index (χ2n) is 5.14. The zero-order valence-corrected chi connectivity index (χ0v) is 11.3. The van der Waals surface area contributed by atoms with Gasteiger partial charge in [0.25, 0.3) is 0 Å². The lowest BCUT2D eigenvalue weighted by molar-refractivity contribution is -0.136. The molecule has 19 heavy (non-hydrogen) atoms. The third-order valence-corrected chi connectivity index (χ3v) is 3.56. The molecule has 2 heterocycles. The summed E-state index contributed by atoms with van der Waals surface area (Å²) in [5.41, 5.74) is 2.44. The minimum atomic E-state index is -0.794. The van der Waals surface area contributed by atoms with Gasteiger partial charge in [0, 0.05) is 37.7 Å². The summed E-state index contributed by atoms with van der Waals surface area (Å²) in [4.78, 5) is 17.0. The topological polar surface area (TPSA) is 65.5 Å². The van der Waals surface area contributed by atoms with Crippen molar-refractivity contribution in [2.24, 2.45) is 5.92 Å². The lowest BCUT2D eigenvalue weighted by Crippen LogP contribution is -2.40. The molecule has 2 rings (SSSR count). The number of anilines is 1. The highest BCUT2D eigenvalue weighted by Gasteiger charge is 2.20. The number of pyridine rings is 1. The molecule has 1 aliphatic heterocycles. The quantitative estimate of drug-likeness (QED) is 0.838. The third kappa shape index (κ3) is 3.92. The van der Waals surface area contributed by atoms with Gasteiger partial charge in [-0.05, 0) is 37.3 Å². The maximum atomic E-state index is 10.5. The molecule has 1 fully saturated rings. The molecular formula is C14H21N3O2. The van der Waals surface area contributed by atoms with Gasteiger partial charge in [0.2, 0.25) is 0 Å². The Bertz CT molecular complexity index is 436. The van der Waals surface area contributed by atoms with Crippen molar-refractivity contribution >= 4 is 11.7 Å². The maximum absolute atomic E-state index is 10.5. The van der Waals surface area contributed by atoms with E-state index in [-0.39, 0.29) is 6.54 Å². The van der Waals surface area contributed by atoms with Crippen LogP contribution in [0.3, 0.4) is 0 Å². The number of carboxylic acids is 1. The molecule has 0 aromatic carbocycles. The molecule has 1 atom stereocenters. The van der Waals surface area contributed by atoms with E-state index in [2.05, 4.69) is 28.2 Å². The van der Waals surface area contributed by atoms with Crippen molar-refractivity contribution in [2.75, 3.05) is 31.1 Å². The lowest BCUT2D eigenvalue weighted by atomic mass is 9.97. The number of piperidine rings is 1. The Balaban J connectivity index is 1.90. The number of aliphatic carboxylic acids is 1. The SMILES string of the molecule is Cc1cnccc1N1CCCC(CNCC(=O)O)C1. The van der Waals surface area contributed by atoms with Crippen LogP contribution in [0, 0.1) is 12.8 Å². The van der Waals surface area contributed by atoms with Crippen molar-refractivity contribution < 1.29 is 9.90 Å². The highest BCUT2D eigenvalue weighted by molar-refractivity contribution is 5.68. The minimum Gasteiger partial charge on any atom is -0.480 e. The summed E-state index contributed by atoms with van der Waals surface area (Å²) in [6, 6.07) is 2.06. The predicted octanol–water partition coefficient (Wildman–Crippen LogP) is 1.28. The largest absolute Gasteiger partial charge is 0.480 e. The van der Waals surface area contributed by atoms with Gasteiger partial charge in [-0.15, -0.1) is 0 Å². The van der Waals surface area contributed by atoms with E-state index in [0.29, 0.717) is 5.92 Å². The van der Waals surface area contributed by atoms with Gasteiger partial charge in [0.1, 0.15) is 0 Å². The molecule has 0 radical (unpaired) electrons. The monoisotopic (exact) mass is 263 g/mol. The number of aromatic nitrogens is 1. The predicted molar refractivity (Wildman–Crippen MR) is 74.4 cm³/mol. The molecule has 1 aromatic heterocycles. The Morgan fingerprint density at radius 1 is 1.63 bits per heavy atom. The fourth-order valence-electron chi connectivity index (χ4n) is 2.65. The van der Waals surface area contributed by atoms with E-state index in [9.17, 15) is 4.79 Å². The first-order chi connectivity index (χ1) is 9.16. The van der Waals surface area contributed by atoms with Gasteiger partial charge >= 0.3 is 5.97 Å². The molecule has 1 unspecified atom stereocenters. The minimum absolute atomic E-state index is 0.0464. The highest BCUT2D eigenvalue weighted by Crippen LogP contribution is 2.24. The maximum Gasteiger partial charge on any atom is 0.317 e. The summed E-state index contributed by atoms with van der Waals surface area (Å²) in [7, 11) is 0. The van der Waals surface area contributed by atoms with Crippen LogP contribution in [0.15, 0.2) is 18.5 Å². The highest BCUT2D eigenvalue weighted by atomic mass is 16.4. The van der Waals surface area contributed by atoms with Gasteiger partial charge in [-0.1, -0.05) is 0 Å². The second kappa shape index (κ2) is 6.52. The van der Waals surface area contributed by atoms with Gasteiger partial charge in [0.15, 0.2) is 0 Å². The molecule has 2 N–H and O–H groups in total. The summed E-state index contributed by atoms with van der Waals surface area (Å²) in [5, 5.41) is 11.6. The summed E-state index contributed by atoms with van der Waals surface area (Å²) in [6.07, 6.45) is 6.03. The number of aryl methyl sites for hydroxylation is 1. The van der Waals surface area contributed by atoms with Crippen LogP contribution in [-0.2, 0) is 4.79 Å². The van der Waals surface area contributed by atoms with Crippen LogP contribution in [0.2, 0.25) is 0 Å². The molecule has 0 saturated carbocycles. The fourth-order valence-corrected chi connectivity index (χ4v) is 2.65. The number of nitrogens with one attached hydrogen (secondary N) is 1. The zero-order valence-electron chi connectivity index (χ0n) is 11.3. The van der Waals surface area contributed by atoms with Crippen LogP contribution in [-0.4, -0.2) is 42.2 Å². The Labute approximate surface area is 113 Å². The molecule has 104 valence electrons. The first kappa shape index (κ1) is 13.8. The second-order valence-corrected chi connectivity index (χ2v) is 5.14. The summed E-state index contributed by atoms with van der Waals surface area (Å²) in [6.45, 7) is 4.95. The average molecular weight is 263 g/mol. The van der Waals surface area contributed by atoms with Crippen LogP contribution >= 0.6 is 0 Å². The molecular weight excluding hydrogens is 242 g/mol. The molecule has 0 amide bonds. The van der Waals surface area contributed by atoms with Crippen LogP contribution in [0.4, 0.5) is 5.69 Å². The van der Waals surface area contributed by atoms with Gasteiger partial charge in [-0.25, -0.2) is 0 Å². The van der Waals surface area contributed by atoms with Gasteiger partial charge in [-0.3, -0.25) is 9.78 Å². The van der Waals surface area contributed by atoms with Gasteiger partial charge < -0.3 is 15.3 Å². The average Bonchev–Trinajstić information content (AvgIpc) is 2.39. The first-order valence-corrected chi connectivity index (χ1v) is 6.75. The molecule has 5 heteroatoms. The Hall–Kier alpha value is -1.62. The molecule has 0 aliphatic carbocycles. The van der Waals surface area contributed by atoms with Crippen LogP contribution < -0.4 is 10.2 Å². The van der Waals surface area contributed by atoms with Crippen LogP contribution in [0.5, 0.6) is 0 Å². The van der Waals surface area contributed by atoms with Crippen molar-refractivity contribution in [1.82, 2.24) is 10.3 Å². The third-order valence-electron chi connectivity index (χ3n) is 3.56. The summed E-state index contributed by atoms with van der Waals surface area (Å²) < 4.78 is 0. The molecule has 0 spiro atoms. The van der Waals surface area contributed by atoms with E-state index in [0.717, 1.165) is 32.5 Å². The van der Waals surface area contributed by atoms with Crippen LogP contribution in [0.1, 0.15) is 18.4 Å². The number of rotatable bonds is 5. The van der Waals surface area contributed by atoms with Crippen molar-refractivity contribution in [3.63, 3.8) is 0 Å². The molecule has 1 aliphatic rings. The van der Waals surface area contributed by atoms with Gasteiger partial charge in [-0.2, -0.15) is 0 Å². The number of carboxylic acid groups (broad SMARTS) is 1. The van der Waals surface area contributed by atoms with E-state index in [1.807, 2.05) is 12.4 Å². The van der Waals surface area contributed by atoms with E-state index in [4.69, 9.17) is 5.11 Å².